The summed E-state index contributed by atoms with van der Waals surface area (Å²) < 4.78 is 11.1. The minimum Gasteiger partial charge on any atom is -0.496 e. The Bertz CT molecular complexity index is 805. The summed E-state index contributed by atoms with van der Waals surface area (Å²) in [5.41, 5.74) is 1.92. The van der Waals surface area contributed by atoms with E-state index in [4.69, 9.17) is 20.8 Å². The molecule has 0 amide bonds. The second-order valence-corrected chi connectivity index (χ2v) is 5.93. The molecule has 0 saturated heterocycles. The number of hydrogen-bond donors (Lipinski definition) is 0. The van der Waals surface area contributed by atoms with Crippen LogP contribution in [0.15, 0.2) is 52.9 Å². The predicted molar refractivity (Wildman–Crippen MR) is 92.9 cm³/mol. The van der Waals surface area contributed by atoms with Crippen LogP contribution in [0.1, 0.15) is 11.5 Å². The van der Waals surface area contributed by atoms with E-state index in [1.807, 2.05) is 55.6 Å². The van der Waals surface area contributed by atoms with Crippen molar-refractivity contribution in [2.24, 2.45) is 0 Å². The maximum atomic E-state index is 6.07. The summed E-state index contributed by atoms with van der Waals surface area (Å²) in [6, 6.07) is 15.3. The number of halogens is 1. The van der Waals surface area contributed by atoms with Crippen molar-refractivity contribution in [1.29, 1.82) is 0 Å². The van der Waals surface area contributed by atoms with Crippen LogP contribution < -0.4 is 4.74 Å². The second-order valence-electron chi connectivity index (χ2n) is 5.50. The van der Waals surface area contributed by atoms with E-state index >= 15 is 0 Å². The van der Waals surface area contributed by atoms with E-state index in [-0.39, 0.29) is 0 Å². The summed E-state index contributed by atoms with van der Waals surface area (Å²) in [7, 11) is 3.63. The number of hydrogen-bond acceptors (Lipinski definition) is 5. The fourth-order valence-corrected chi connectivity index (χ4v) is 2.66. The number of rotatable bonds is 6. The molecule has 0 radical (unpaired) electrons. The van der Waals surface area contributed by atoms with E-state index in [2.05, 4.69) is 15.1 Å². The average Bonchev–Trinajstić information content (AvgIpc) is 3.04. The lowest BCUT2D eigenvalue weighted by Crippen LogP contribution is -2.18. The second kappa shape index (κ2) is 7.47. The van der Waals surface area contributed by atoms with E-state index < -0.39 is 0 Å². The standard InChI is InChI=1S/C18H18ClN3O2/c1-22(11-14-10-15(19)8-9-16(14)23-2)12-17-20-21-18(24-17)13-6-4-3-5-7-13/h3-10H,11-12H2,1-2H3. The van der Waals surface area contributed by atoms with Crippen molar-refractivity contribution in [3.63, 3.8) is 0 Å². The van der Waals surface area contributed by atoms with Gasteiger partial charge in [-0.2, -0.15) is 0 Å². The van der Waals surface area contributed by atoms with Crippen molar-refractivity contribution in [1.82, 2.24) is 15.1 Å². The van der Waals surface area contributed by atoms with Crippen LogP contribution in [-0.4, -0.2) is 29.3 Å². The van der Waals surface area contributed by atoms with Crippen LogP contribution in [0.3, 0.4) is 0 Å². The summed E-state index contributed by atoms with van der Waals surface area (Å²) >= 11 is 6.07. The van der Waals surface area contributed by atoms with E-state index in [1.54, 1.807) is 7.11 Å². The van der Waals surface area contributed by atoms with Crippen molar-refractivity contribution in [3.8, 4) is 17.2 Å². The summed E-state index contributed by atoms with van der Waals surface area (Å²) in [5.74, 6) is 1.90. The van der Waals surface area contributed by atoms with Crippen molar-refractivity contribution in [3.05, 3.63) is 65.0 Å². The van der Waals surface area contributed by atoms with Crippen molar-refractivity contribution in [2.75, 3.05) is 14.2 Å². The number of nitrogens with zero attached hydrogens (tertiary/aromatic N) is 3. The highest BCUT2D eigenvalue weighted by atomic mass is 35.5. The Labute approximate surface area is 145 Å². The number of ether oxygens (including phenoxy) is 1. The first-order chi connectivity index (χ1) is 11.7. The quantitative estimate of drug-likeness (QED) is 0.676. The minimum atomic E-state index is 0.527. The predicted octanol–water partition coefficient (Wildman–Crippen LogP) is 4.03. The first kappa shape index (κ1) is 16.5. The van der Waals surface area contributed by atoms with Gasteiger partial charge in [0, 0.05) is 22.7 Å². The lowest BCUT2D eigenvalue weighted by Gasteiger charge is -2.16. The summed E-state index contributed by atoms with van der Waals surface area (Å²) in [6.07, 6.45) is 0. The normalized spacial score (nSPS) is 11.0. The Kier molecular flexibility index (Phi) is 5.13. The SMILES string of the molecule is COc1ccc(Cl)cc1CN(C)Cc1nnc(-c2ccccc2)o1. The highest BCUT2D eigenvalue weighted by molar-refractivity contribution is 6.30. The molecule has 124 valence electrons. The summed E-state index contributed by atoms with van der Waals surface area (Å²) in [6.45, 7) is 1.20. The number of methoxy groups -OCH3 is 1. The van der Waals surface area contributed by atoms with Gasteiger partial charge in [0.2, 0.25) is 11.8 Å². The monoisotopic (exact) mass is 343 g/mol. The van der Waals surface area contributed by atoms with Gasteiger partial charge < -0.3 is 9.15 Å². The molecule has 0 aliphatic heterocycles. The van der Waals surface area contributed by atoms with Gasteiger partial charge in [-0.25, -0.2) is 0 Å². The van der Waals surface area contributed by atoms with E-state index in [0.717, 1.165) is 16.9 Å². The maximum absolute atomic E-state index is 6.07. The number of aromatic nitrogens is 2. The van der Waals surface area contributed by atoms with Gasteiger partial charge in [0.05, 0.1) is 13.7 Å². The van der Waals surface area contributed by atoms with E-state index in [0.29, 0.717) is 29.9 Å². The fourth-order valence-electron chi connectivity index (χ4n) is 2.46. The summed E-state index contributed by atoms with van der Waals surface area (Å²) in [5, 5.41) is 8.91. The first-order valence-electron chi connectivity index (χ1n) is 7.54. The van der Waals surface area contributed by atoms with Crippen LogP contribution in [0.25, 0.3) is 11.5 Å². The smallest absolute Gasteiger partial charge is 0.247 e. The zero-order chi connectivity index (χ0) is 16.9. The van der Waals surface area contributed by atoms with Crippen LogP contribution >= 0.6 is 11.6 Å². The Hall–Kier alpha value is -2.37. The molecule has 2 aromatic carbocycles. The van der Waals surface area contributed by atoms with E-state index in [1.165, 1.54) is 0 Å². The largest absolute Gasteiger partial charge is 0.496 e. The zero-order valence-electron chi connectivity index (χ0n) is 13.6. The Morgan fingerprint density at radius 3 is 2.62 bits per heavy atom. The Morgan fingerprint density at radius 1 is 1.08 bits per heavy atom. The molecule has 3 aromatic rings. The van der Waals surface area contributed by atoms with Gasteiger partial charge in [0.25, 0.3) is 0 Å². The minimum absolute atomic E-state index is 0.527. The molecular formula is C18H18ClN3O2. The van der Waals surface area contributed by atoms with Crippen LogP contribution in [0.2, 0.25) is 5.02 Å². The molecule has 0 atom stereocenters. The third kappa shape index (κ3) is 3.93. The molecule has 6 heteroatoms. The van der Waals surface area contributed by atoms with Gasteiger partial charge in [-0.3, -0.25) is 4.90 Å². The average molecular weight is 344 g/mol. The van der Waals surface area contributed by atoms with Crippen molar-refractivity contribution >= 4 is 11.6 Å². The Morgan fingerprint density at radius 2 is 1.88 bits per heavy atom. The van der Waals surface area contributed by atoms with Crippen molar-refractivity contribution < 1.29 is 9.15 Å². The lowest BCUT2D eigenvalue weighted by atomic mass is 10.2. The first-order valence-corrected chi connectivity index (χ1v) is 7.92. The highest BCUT2D eigenvalue weighted by Gasteiger charge is 2.12. The third-order valence-electron chi connectivity index (χ3n) is 3.58. The van der Waals surface area contributed by atoms with Gasteiger partial charge in [-0.1, -0.05) is 29.8 Å². The van der Waals surface area contributed by atoms with Crippen LogP contribution in [0.5, 0.6) is 5.75 Å². The van der Waals surface area contributed by atoms with Crippen LogP contribution in [-0.2, 0) is 13.1 Å². The molecule has 0 bridgehead atoms. The molecular weight excluding hydrogens is 326 g/mol. The molecule has 0 aliphatic rings. The molecule has 24 heavy (non-hydrogen) atoms. The molecule has 0 fully saturated rings. The zero-order valence-corrected chi connectivity index (χ0v) is 14.3. The number of benzene rings is 2. The third-order valence-corrected chi connectivity index (χ3v) is 3.81. The maximum Gasteiger partial charge on any atom is 0.247 e. The van der Waals surface area contributed by atoms with Gasteiger partial charge in [0.1, 0.15) is 5.75 Å². The van der Waals surface area contributed by atoms with Gasteiger partial charge in [-0.05, 0) is 37.4 Å². The molecule has 0 N–H and O–H groups in total. The van der Waals surface area contributed by atoms with Gasteiger partial charge in [-0.15, -0.1) is 10.2 Å². The molecule has 0 unspecified atom stereocenters. The van der Waals surface area contributed by atoms with E-state index in [9.17, 15) is 0 Å². The van der Waals surface area contributed by atoms with Gasteiger partial charge in [0.15, 0.2) is 0 Å². The lowest BCUT2D eigenvalue weighted by molar-refractivity contribution is 0.277. The van der Waals surface area contributed by atoms with Gasteiger partial charge >= 0.3 is 0 Å². The molecule has 3 rings (SSSR count). The topological polar surface area (TPSA) is 51.4 Å². The highest BCUT2D eigenvalue weighted by Crippen LogP contribution is 2.24. The fraction of sp³-hybridized carbons (Fsp3) is 0.222. The molecule has 1 heterocycles. The molecule has 0 spiro atoms. The molecule has 5 nitrogen and oxygen atoms in total. The Balaban J connectivity index is 1.69. The van der Waals surface area contributed by atoms with Crippen molar-refractivity contribution in [2.45, 2.75) is 13.1 Å². The molecule has 0 aliphatic carbocycles. The summed E-state index contributed by atoms with van der Waals surface area (Å²) in [4.78, 5) is 2.07. The molecule has 0 saturated carbocycles. The molecule has 1 aromatic heterocycles. The van der Waals surface area contributed by atoms with Crippen LogP contribution in [0, 0.1) is 0 Å². The van der Waals surface area contributed by atoms with Crippen LogP contribution in [0.4, 0.5) is 0 Å².